The number of hydrogen-bond acceptors (Lipinski definition) is 31. The lowest BCUT2D eigenvalue weighted by Crippen LogP contribution is -2.60. The average molecular weight is 1660 g/mol. The Morgan fingerprint density at radius 3 is 0.804 bits per heavy atom. The number of aliphatic hydroxyl groups excluding tert-OH is 16. The van der Waals surface area contributed by atoms with Crippen molar-refractivity contribution in [1.82, 2.24) is 31.9 Å². The van der Waals surface area contributed by atoms with E-state index in [1.807, 2.05) is 0 Å². The highest BCUT2D eigenvalue weighted by Crippen LogP contribution is 2.31. The minimum absolute atomic E-state index is 0.0145. The topological polar surface area (TPSA) is 589 Å². The fourth-order valence-electron chi connectivity index (χ4n) is 11.9. The van der Waals surface area contributed by atoms with Gasteiger partial charge in [0.05, 0.1) is 26.4 Å². The van der Waals surface area contributed by atoms with E-state index < -0.39 is 185 Å². The van der Waals surface area contributed by atoms with Gasteiger partial charge in [-0.3, -0.25) is 9.59 Å². The molecule has 27 N–H and O–H groups in total. The summed E-state index contributed by atoms with van der Waals surface area (Å²) in [5, 5.41) is 202. The van der Waals surface area contributed by atoms with E-state index in [2.05, 4.69) is 53.2 Å². The maximum Gasteiger partial charge on any atom is 0.326 e. The molecule has 4 aromatic rings. The van der Waals surface area contributed by atoms with Gasteiger partial charge >= 0.3 is 5.97 Å². The molecule has 112 heavy (non-hydrogen) atoms. The standard InChI is InChI=1S/C70H98N10O28S4/c81-29-44-48(85)52(89)56(93)63(105-44)101-37-18-10-33(11-19-37)74-67(109)71-26-4-1-7-41(60(97)79-43(62(99)100)9-3-6-28-73-69(111)76-35-14-22-39(23-15-35)103-65-58(95)54(91)50(87)46(31-83)107-65)78-61(98)42(80-70(112)77-36-16-24-40(25-17-36)104-66-59(96)55(92)51(88)47(32-84)108-66)8-2-5-27-72-68(110)75-34-12-20-38(21-13-34)102-64-57(94)53(90)49(86)45(30-82)106-64/h10-25,41-59,63-66,81-96H,1-9,26-32H2,(H,78,98)(H,79,97)(H,99,100)(H2,71,74,109)(H2,72,75,110)(H2,73,76,111)(H2,77,80,112)/t41-,42-,43-,44+,45+,46+,47+,48+,49+,50+,51+,52-,53-,54-,55-,56-,57-,58-,59-,63-,64-,65-,66-/m0/s1. The Balaban J connectivity index is 0.893. The summed E-state index contributed by atoms with van der Waals surface area (Å²) in [4.78, 5) is 42.1. The molecule has 4 aliphatic heterocycles. The molecule has 23 atom stereocenters. The number of amides is 2. The number of thiocarbonyl (C=S) groups is 4. The molecule has 620 valence electrons. The zero-order chi connectivity index (χ0) is 81.3. The van der Waals surface area contributed by atoms with Crippen molar-refractivity contribution < 1.29 is 139 Å². The predicted molar refractivity (Wildman–Crippen MR) is 412 cm³/mol. The average Bonchev–Trinajstić information content (AvgIpc) is 0.824. The first-order valence-electron chi connectivity index (χ1n) is 35.9. The Hall–Kier alpha value is -7.55. The SMILES string of the molecule is O=C(O)[C@H](CCCCNC(=S)Nc1ccc(O[C@H]2O[C@H](CO)[C@@H](O)[C@H](O)[C@@H]2O)cc1)NC(=O)[C@H](CCCCNC(=S)Nc1ccc(O[C@H]2O[C@H](CO)[C@@H](O)[C@H](O)[C@@H]2O)cc1)NC(=O)[C@H](CCCCNC(=S)Nc1ccc(O[C@H]2O[C@H](CO)[C@@H](O)[C@H](O)[C@@H]2O)cc1)NC(=S)Nc1ccc(O[C@H]2O[C@H](CO)[C@@H](O)[C@H](O)[C@@H]2O)cc1. The number of carbonyl (C=O) groups is 3. The second-order valence-electron chi connectivity index (χ2n) is 26.6. The number of aliphatic hydroxyl groups is 16. The number of hydrogen-bond donors (Lipinski definition) is 27. The summed E-state index contributed by atoms with van der Waals surface area (Å²) in [6, 6.07) is 20.8. The van der Waals surface area contributed by atoms with E-state index in [9.17, 15) is 101 Å². The lowest BCUT2D eigenvalue weighted by Gasteiger charge is -2.39. The summed E-state index contributed by atoms with van der Waals surface area (Å²) in [6.45, 7) is -1.78. The molecule has 42 heteroatoms. The molecule has 0 aliphatic carbocycles. The molecule has 2 amide bonds. The summed E-state index contributed by atoms with van der Waals surface area (Å²) < 4.78 is 44.5. The van der Waals surface area contributed by atoms with Gasteiger partial charge < -0.3 is 178 Å². The van der Waals surface area contributed by atoms with Gasteiger partial charge in [-0.25, -0.2) is 4.79 Å². The third kappa shape index (κ3) is 26.2. The van der Waals surface area contributed by atoms with E-state index in [0.717, 1.165) is 0 Å². The summed E-state index contributed by atoms with van der Waals surface area (Å²) in [5.41, 5.74) is 1.92. The third-order valence-corrected chi connectivity index (χ3v) is 19.3. The second kappa shape index (κ2) is 44.4. The lowest BCUT2D eigenvalue weighted by molar-refractivity contribution is -0.277. The smallest absolute Gasteiger partial charge is 0.326 e. The Morgan fingerprint density at radius 2 is 0.554 bits per heavy atom. The van der Waals surface area contributed by atoms with Crippen LogP contribution in [0.4, 0.5) is 22.7 Å². The number of rotatable bonds is 37. The van der Waals surface area contributed by atoms with Crippen LogP contribution in [0.1, 0.15) is 57.8 Å². The van der Waals surface area contributed by atoms with Crippen LogP contribution in [-0.2, 0) is 33.3 Å². The van der Waals surface area contributed by atoms with Crippen LogP contribution in [0.25, 0.3) is 0 Å². The molecule has 0 aromatic heterocycles. The van der Waals surface area contributed by atoms with Crippen LogP contribution in [0, 0.1) is 0 Å². The van der Waals surface area contributed by atoms with Crippen molar-refractivity contribution in [3.8, 4) is 23.0 Å². The molecule has 0 unspecified atom stereocenters. The first-order chi connectivity index (χ1) is 53.6. The number of nitrogens with one attached hydrogen (secondary N) is 10. The Kier molecular flexibility index (Phi) is 35.6. The third-order valence-electron chi connectivity index (χ3n) is 18.3. The van der Waals surface area contributed by atoms with Crippen LogP contribution in [0.5, 0.6) is 23.0 Å². The zero-order valence-corrected chi connectivity index (χ0v) is 63.3. The van der Waals surface area contributed by atoms with Crippen LogP contribution in [0.15, 0.2) is 97.1 Å². The molecule has 4 aromatic carbocycles. The zero-order valence-electron chi connectivity index (χ0n) is 60.1. The quantitative estimate of drug-likeness (QED) is 0.0150. The molecular formula is C70H98N10O28S4. The van der Waals surface area contributed by atoms with Gasteiger partial charge in [0.25, 0.3) is 0 Å². The highest BCUT2D eigenvalue weighted by atomic mass is 32.1. The Labute approximate surface area is 663 Å². The molecule has 4 heterocycles. The van der Waals surface area contributed by atoms with Gasteiger partial charge in [0.2, 0.25) is 37.0 Å². The van der Waals surface area contributed by atoms with E-state index in [4.69, 9.17) is 86.8 Å². The van der Waals surface area contributed by atoms with Gasteiger partial charge in [-0.1, -0.05) is 0 Å². The summed E-state index contributed by atoms with van der Waals surface area (Å²) in [6.07, 6.45) is -27.9. The summed E-state index contributed by atoms with van der Waals surface area (Å²) in [5.74, 6) is -2.08. The minimum Gasteiger partial charge on any atom is -0.480 e. The van der Waals surface area contributed by atoms with Gasteiger partial charge in [-0.15, -0.1) is 0 Å². The van der Waals surface area contributed by atoms with Crippen LogP contribution < -0.4 is 72.1 Å². The van der Waals surface area contributed by atoms with Gasteiger partial charge in [0.1, 0.15) is 139 Å². The van der Waals surface area contributed by atoms with Crippen LogP contribution in [0.2, 0.25) is 0 Å². The minimum atomic E-state index is -1.69. The van der Waals surface area contributed by atoms with Crippen molar-refractivity contribution in [2.45, 2.75) is 199 Å². The summed E-state index contributed by atoms with van der Waals surface area (Å²) >= 11 is 22.3. The number of carbonyl (C=O) groups excluding carboxylic acids is 2. The van der Waals surface area contributed by atoms with Crippen molar-refractivity contribution >= 4 is 110 Å². The molecule has 38 nitrogen and oxygen atoms in total. The molecule has 0 spiro atoms. The van der Waals surface area contributed by atoms with Gasteiger partial charge in [-0.05, 0) is 204 Å². The van der Waals surface area contributed by atoms with E-state index >= 15 is 0 Å². The molecular weight excluding hydrogens is 1560 g/mol. The number of carboxylic acids is 1. The Bertz CT molecular complexity index is 3630. The van der Waals surface area contributed by atoms with Crippen molar-refractivity contribution in [3.05, 3.63) is 97.1 Å². The van der Waals surface area contributed by atoms with Crippen molar-refractivity contribution in [1.29, 1.82) is 0 Å². The fraction of sp³-hybridized carbons (Fsp3) is 0.557. The number of benzene rings is 4. The van der Waals surface area contributed by atoms with Gasteiger partial charge in [0, 0.05) is 42.4 Å². The molecule has 4 fully saturated rings. The number of carboxylic acid groups (broad SMARTS) is 1. The van der Waals surface area contributed by atoms with E-state index in [1.54, 1.807) is 36.4 Å². The normalized spacial score (nSPS) is 28.4. The van der Waals surface area contributed by atoms with Crippen LogP contribution in [0.3, 0.4) is 0 Å². The maximum absolute atomic E-state index is 14.8. The van der Waals surface area contributed by atoms with E-state index in [0.29, 0.717) is 48.4 Å². The molecule has 4 saturated heterocycles. The molecule has 8 rings (SSSR count). The predicted octanol–water partition coefficient (Wildman–Crippen LogP) is -4.42. The van der Waals surface area contributed by atoms with Crippen molar-refractivity contribution in [2.24, 2.45) is 0 Å². The monoisotopic (exact) mass is 1650 g/mol. The first-order valence-corrected chi connectivity index (χ1v) is 37.6. The number of unbranched alkanes of at least 4 members (excludes halogenated alkanes) is 3. The fourth-order valence-corrected chi connectivity index (χ4v) is 12.8. The Morgan fingerprint density at radius 1 is 0.321 bits per heavy atom. The van der Waals surface area contributed by atoms with Crippen molar-refractivity contribution in [2.75, 3.05) is 67.3 Å². The van der Waals surface area contributed by atoms with E-state index in [-0.39, 0.29) is 95.2 Å². The van der Waals surface area contributed by atoms with Crippen LogP contribution in [-0.4, -0.2) is 312 Å². The molecule has 0 saturated carbocycles. The number of ether oxygens (including phenoxy) is 8. The summed E-state index contributed by atoms with van der Waals surface area (Å²) in [7, 11) is 0. The number of aliphatic carboxylic acids is 1. The first kappa shape index (κ1) is 90.0. The van der Waals surface area contributed by atoms with Crippen molar-refractivity contribution in [3.63, 3.8) is 0 Å². The number of anilines is 4. The molecule has 0 bridgehead atoms. The molecule has 0 radical (unpaired) electrons. The van der Waals surface area contributed by atoms with Gasteiger partial charge in [-0.2, -0.15) is 0 Å². The maximum atomic E-state index is 14.8. The highest BCUT2D eigenvalue weighted by Gasteiger charge is 2.48. The molecule has 4 aliphatic rings. The largest absolute Gasteiger partial charge is 0.480 e. The van der Waals surface area contributed by atoms with E-state index in [1.165, 1.54) is 60.7 Å². The second-order valence-corrected chi connectivity index (χ2v) is 28.2. The highest BCUT2D eigenvalue weighted by molar-refractivity contribution is 7.81. The van der Waals surface area contributed by atoms with Gasteiger partial charge in [0.15, 0.2) is 20.4 Å². The lowest BCUT2D eigenvalue weighted by atomic mass is 9.99. The van der Waals surface area contributed by atoms with Crippen LogP contribution >= 0.6 is 48.9 Å².